The van der Waals surface area contributed by atoms with Crippen LogP contribution in [0.15, 0.2) is 59.5 Å². The summed E-state index contributed by atoms with van der Waals surface area (Å²) in [5, 5.41) is 20.3. The minimum absolute atomic E-state index is 0.183. The molecule has 0 aromatic heterocycles. The highest BCUT2D eigenvalue weighted by Gasteiger charge is 2.11. The smallest absolute Gasteiger partial charge is 0.270 e. The Labute approximate surface area is 131 Å². The summed E-state index contributed by atoms with van der Waals surface area (Å²) in [7, 11) is -2.36. The molecule has 9 nitrogen and oxygen atoms in total. The van der Waals surface area contributed by atoms with Crippen LogP contribution in [0.25, 0.3) is 0 Å². The predicted molar refractivity (Wildman–Crippen MR) is 80.4 cm³/mol. The molecule has 0 heterocycles. The van der Waals surface area contributed by atoms with Gasteiger partial charge < -0.3 is 0 Å². The zero-order valence-electron chi connectivity index (χ0n) is 11.9. The lowest BCUT2D eigenvalue weighted by Crippen LogP contribution is -2.01. The number of nitro benzene ring substituents is 2. The minimum Gasteiger partial charge on any atom is -0.270 e. The van der Waals surface area contributed by atoms with E-state index in [1.54, 1.807) is 18.2 Å². The molecule has 0 aliphatic rings. The number of benzene rings is 2. The molecular weight excluding hydrogens is 328 g/mol. The quantitative estimate of drug-likeness (QED) is 0.475. The lowest BCUT2D eigenvalue weighted by molar-refractivity contribution is -0.394. The largest absolute Gasteiger partial charge is 0.296 e. The van der Waals surface area contributed by atoms with Gasteiger partial charge in [-0.1, -0.05) is 18.2 Å². The third-order valence-electron chi connectivity index (χ3n) is 2.50. The molecule has 0 bridgehead atoms. The number of nitro groups is 2. The maximum atomic E-state index is 11.0. The molecule has 0 aliphatic carbocycles. The van der Waals surface area contributed by atoms with Gasteiger partial charge >= 0.3 is 0 Å². The highest BCUT2D eigenvalue weighted by atomic mass is 32.2. The van der Waals surface area contributed by atoms with Gasteiger partial charge in [-0.25, -0.2) is 0 Å². The molecule has 122 valence electrons. The first-order chi connectivity index (χ1) is 10.8. The summed E-state index contributed by atoms with van der Waals surface area (Å²) in [6.07, 6.45) is 0. The van der Waals surface area contributed by atoms with Crippen molar-refractivity contribution in [3.8, 4) is 0 Å². The second-order valence-corrected chi connectivity index (χ2v) is 5.68. The Morgan fingerprint density at radius 3 is 1.74 bits per heavy atom. The average molecular weight is 340 g/mol. The molecule has 2 aromatic rings. The summed E-state index contributed by atoms with van der Waals surface area (Å²) in [5.41, 5.74) is -0.548. The summed E-state index contributed by atoms with van der Waals surface area (Å²) in [5.74, 6) is 0. The first-order valence-corrected chi connectivity index (χ1v) is 7.43. The molecule has 2 aromatic carbocycles. The zero-order chi connectivity index (χ0) is 17.5. The fraction of sp³-hybridized carbons (Fsp3) is 0.0769. The molecule has 0 saturated carbocycles. The monoisotopic (exact) mass is 340 g/mol. The maximum Gasteiger partial charge on any atom is 0.296 e. The first-order valence-electron chi connectivity index (χ1n) is 6.02. The van der Waals surface area contributed by atoms with E-state index in [4.69, 9.17) is 0 Å². The summed E-state index contributed by atoms with van der Waals surface area (Å²) >= 11 is 0. The SMILES string of the molecule is COS(=O)(=O)c1ccccc1.O=[N+]([O-])c1cccc([N+](=O)[O-])c1. The molecular formula is C13H12N2O7S. The van der Waals surface area contributed by atoms with Gasteiger partial charge in [0.2, 0.25) is 0 Å². The molecule has 0 radical (unpaired) electrons. The molecule has 0 unspecified atom stereocenters. The molecule has 0 amide bonds. The normalized spacial score (nSPS) is 10.3. The van der Waals surface area contributed by atoms with Crippen LogP contribution in [0.2, 0.25) is 0 Å². The standard InChI is InChI=1S/C7H8O3S.C6H4N2O4/c1-10-11(8,9)7-5-3-2-4-6-7;9-7(10)5-2-1-3-6(4-5)8(11)12/h2-6H,1H3;1-4H. The number of hydrogen-bond acceptors (Lipinski definition) is 7. The van der Waals surface area contributed by atoms with E-state index in [2.05, 4.69) is 4.18 Å². The molecule has 10 heteroatoms. The second-order valence-electron chi connectivity index (χ2n) is 3.97. The van der Waals surface area contributed by atoms with Crippen molar-refractivity contribution in [3.05, 3.63) is 74.8 Å². The highest BCUT2D eigenvalue weighted by molar-refractivity contribution is 7.86. The zero-order valence-corrected chi connectivity index (χ0v) is 12.7. The van der Waals surface area contributed by atoms with E-state index in [0.717, 1.165) is 13.2 Å². The first kappa shape index (κ1) is 18.2. The second kappa shape index (κ2) is 7.96. The Kier molecular flexibility index (Phi) is 6.30. The molecule has 2 rings (SSSR count). The van der Waals surface area contributed by atoms with E-state index in [1.807, 2.05) is 0 Å². The number of hydrogen-bond donors (Lipinski definition) is 0. The fourth-order valence-corrected chi connectivity index (χ4v) is 2.09. The van der Waals surface area contributed by atoms with Gasteiger partial charge in [-0.3, -0.25) is 24.4 Å². The Bertz CT molecular complexity index is 762. The summed E-state index contributed by atoms with van der Waals surface area (Å²) in [4.78, 5) is 19.2. The third-order valence-corrected chi connectivity index (χ3v) is 3.79. The van der Waals surface area contributed by atoms with Crippen molar-refractivity contribution in [3.63, 3.8) is 0 Å². The van der Waals surface area contributed by atoms with Crippen LogP contribution in [-0.2, 0) is 14.3 Å². The van der Waals surface area contributed by atoms with Crippen LogP contribution in [0.3, 0.4) is 0 Å². The van der Waals surface area contributed by atoms with E-state index in [-0.39, 0.29) is 16.3 Å². The number of rotatable bonds is 4. The summed E-state index contributed by atoms with van der Waals surface area (Å²) in [6, 6.07) is 12.6. The van der Waals surface area contributed by atoms with Gasteiger partial charge in [0.25, 0.3) is 21.5 Å². The maximum absolute atomic E-state index is 11.0. The van der Waals surface area contributed by atoms with Gasteiger partial charge in [0.1, 0.15) is 0 Å². The van der Waals surface area contributed by atoms with Crippen LogP contribution in [0, 0.1) is 20.2 Å². The van der Waals surface area contributed by atoms with Gasteiger partial charge in [-0.2, -0.15) is 8.42 Å². The van der Waals surface area contributed by atoms with Crippen molar-refractivity contribution in [2.45, 2.75) is 4.90 Å². The van der Waals surface area contributed by atoms with Crippen molar-refractivity contribution in [1.29, 1.82) is 0 Å². The molecule has 0 N–H and O–H groups in total. The van der Waals surface area contributed by atoms with Crippen molar-refractivity contribution in [2.24, 2.45) is 0 Å². The Morgan fingerprint density at radius 1 is 0.870 bits per heavy atom. The van der Waals surface area contributed by atoms with E-state index in [1.165, 1.54) is 30.3 Å². The Balaban J connectivity index is 0.000000231. The van der Waals surface area contributed by atoms with Crippen molar-refractivity contribution in [1.82, 2.24) is 0 Å². The van der Waals surface area contributed by atoms with Crippen LogP contribution >= 0.6 is 0 Å². The minimum atomic E-state index is -3.50. The highest BCUT2D eigenvalue weighted by Crippen LogP contribution is 2.18. The van der Waals surface area contributed by atoms with Crippen LogP contribution in [-0.4, -0.2) is 25.4 Å². The van der Waals surface area contributed by atoms with Crippen LogP contribution in [0.4, 0.5) is 11.4 Å². The molecule has 0 aliphatic heterocycles. The van der Waals surface area contributed by atoms with Gasteiger partial charge in [0.05, 0.1) is 27.9 Å². The molecule has 0 atom stereocenters. The van der Waals surface area contributed by atoms with Crippen molar-refractivity contribution in [2.75, 3.05) is 7.11 Å². The van der Waals surface area contributed by atoms with Gasteiger partial charge in [-0.05, 0) is 18.2 Å². The van der Waals surface area contributed by atoms with E-state index < -0.39 is 20.0 Å². The lowest BCUT2D eigenvalue weighted by Gasteiger charge is -1.98. The molecule has 23 heavy (non-hydrogen) atoms. The molecule has 0 spiro atoms. The van der Waals surface area contributed by atoms with Crippen LogP contribution < -0.4 is 0 Å². The van der Waals surface area contributed by atoms with Gasteiger partial charge in [-0.15, -0.1) is 0 Å². The lowest BCUT2D eigenvalue weighted by atomic mass is 10.3. The van der Waals surface area contributed by atoms with E-state index in [0.29, 0.717) is 0 Å². The van der Waals surface area contributed by atoms with Crippen molar-refractivity contribution < 1.29 is 22.4 Å². The van der Waals surface area contributed by atoms with Crippen molar-refractivity contribution >= 4 is 21.5 Å². The predicted octanol–water partition coefficient (Wildman–Crippen LogP) is 2.52. The van der Waals surface area contributed by atoms with E-state index in [9.17, 15) is 28.6 Å². The Hall–Kier alpha value is -2.85. The van der Waals surface area contributed by atoms with E-state index >= 15 is 0 Å². The number of non-ortho nitro benzene ring substituents is 2. The summed E-state index contributed by atoms with van der Waals surface area (Å²) in [6.45, 7) is 0. The summed E-state index contributed by atoms with van der Waals surface area (Å²) < 4.78 is 26.3. The van der Waals surface area contributed by atoms with Gasteiger partial charge in [0, 0.05) is 12.1 Å². The number of nitrogens with zero attached hydrogens (tertiary/aromatic N) is 2. The van der Waals surface area contributed by atoms with Crippen LogP contribution in [0.5, 0.6) is 0 Å². The topological polar surface area (TPSA) is 130 Å². The molecule has 0 saturated heterocycles. The molecule has 0 fully saturated rings. The van der Waals surface area contributed by atoms with Crippen LogP contribution in [0.1, 0.15) is 0 Å². The third kappa shape index (κ3) is 5.45. The van der Waals surface area contributed by atoms with Gasteiger partial charge in [0.15, 0.2) is 0 Å². The fourth-order valence-electron chi connectivity index (χ4n) is 1.40. The Morgan fingerprint density at radius 2 is 1.35 bits per heavy atom. The average Bonchev–Trinajstić information content (AvgIpc) is 2.56.